The van der Waals surface area contributed by atoms with Gasteiger partial charge in [0, 0.05) is 63.0 Å². The Morgan fingerprint density at radius 3 is 1.71 bits per heavy atom. The molecule has 11 rings (SSSR count). The summed E-state index contributed by atoms with van der Waals surface area (Å²) >= 11 is 3.76. The maximum atomic E-state index is 2.42. The summed E-state index contributed by atoms with van der Waals surface area (Å²) in [6.07, 6.45) is 0. The quantitative estimate of drug-likeness (QED) is 0.164. The van der Waals surface area contributed by atoms with Crippen LogP contribution in [-0.4, -0.2) is 0 Å². The van der Waals surface area contributed by atoms with E-state index in [4.69, 9.17) is 0 Å². The van der Waals surface area contributed by atoms with Gasteiger partial charge in [-0.15, -0.1) is 22.7 Å². The molecule has 0 saturated carbocycles. The van der Waals surface area contributed by atoms with E-state index in [0.29, 0.717) is 0 Å². The predicted molar refractivity (Wildman–Crippen MR) is 241 cm³/mol. The standard InChI is InChI=1S/C52H33NS2/c1-3-12-34(13-4-1)35-22-24-39(25-23-35)53(41-27-29-50-48(33-41)43-18-9-10-21-49(43)54-50)40-26-28-42(46(32-40)36-14-5-2-6-15-36)44-19-11-20-45-47-30-37-16-7-8-17-38(37)31-51(47)55-52(44)45/h1-33H. The molecule has 11 aromatic rings. The first-order valence-corrected chi connectivity index (χ1v) is 20.3. The van der Waals surface area contributed by atoms with Gasteiger partial charge in [0.15, 0.2) is 0 Å². The summed E-state index contributed by atoms with van der Waals surface area (Å²) in [5.41, 5.74) is 10.7. The van der Waals surface area contributed by atoms with E-state index in [0.717, 1.165) is 17.1 Å². The molecule has 0 aliphatic heterocycles. The Bertz CT molecular complexity index is 3190. The molecule has 1 nitrogen and oxygen atoms in total. The van der Waals surface area contributed by atoms with Gasteiger partial charge in [-0.3, -0.25) is 0 Å². The Hall–Kier alpha value is -6.52. The minimum absolute atomic E-state index is 1.11. The lowest BCUT2D eigenvalue weighted by Crippen LogP contribution is -2.10. The van der Waals surface area contributed by atoms with Crippen LogP contribution in [0.5, 0.6) is 0 Å². The number of thiophene rings is 2. The number of benzene rings is 9. The zero-order valence-electron chi connectivity index (χ0n) is 29.8. The van der Waals surface area contributed by atoms with E-state index in [9.17, 15) is 0 Å². The fraction of sp³-hybridized carbons (Fsp3) is 0. The Kier molecular flexibility index (Phi) is 7.61. The third-order valence-corrected chi connectivity index (χ3v) is 13.2. The molecular formula is C52H33NS2. The third kappa shape index (κ3) is 5.51. The van der Waals surface area contributed by atoms with Crippen molar-refractivity contribution in [2.75, 3.05) is 4.90 Å². The van der Waals surface area contributed by atoms with E-state index in [1.807, 2.05) is 22.7 Å². The Morgan fingerprint density at radius 1 is 0.291 bits per heavy atom. The normalized spacial score (nSPS) is 11.6. The van der Waals surface area contributed by atoms with Crippen molar-refractivity contribution in [2.24, 2.45) is 0 Å². The monoisotopic (exact) mass is 735 g/mol. The summed E-state index contributed by atoms with van der Waals surface area (Å²) in [5.74, 6) is 0. The molecule has 0 bridgehead atoms. The molecule has 0 aliphatic carbocycles. The molecule has 258 valence electrons. The number of nitrogens with zero attached hydrogens (tertiary/aromatic N) is 1. The van der Waals surface area contributed by atoms with E-state index in [2.05, 4.69) is 205 Å². The lowest BCUT2D eigenvalue weighted by molar-refractivity contribution is 1.29. The predicted octanol–water partition coefficient (Wildman–Crippen LogP) is 16.0. The molecular weight excluding hydrogens is 703 g/mol. The van der Waals surface area contributed by atoms with Crippen LogP contribution in [0, 0.1) is 0 Å². The van der Waals surface area contributed by atoms with Crippen LogP contribution in [-0.2, 0) is 0 Å². The van der Waals surface area contributed by atoms with Crippen molar-refractivity contribution in [3.05, 3.63) is 200 Å². The summed E-state index contributed by atoms with van der Waals surface area (Å²) in [5, 5.41) is 7.77. The fourth-order valence-corrected chi connectivity index (χ4v) is 10.5. The highest BCUT2D eigenvalue weighted by atomic mass is 32.1. The topological polar surface area (TPSA) is 3.24 Å². The van der Waals surface area contributed by atoms with Crippen LogP contribution in [0.15, 0.2) is 200 Å². The van der Waals surface area contributed by atoms with Gasteiger partial charge in [-0.25, -0.2) is 0 Å². The minimum atomic E-state index is 1.11. The highest BCUT2D eigenvalue weighted by Gasteiger charge is 2.20. The first-order chi connectivity index (χ1) is 27.2. The summed E-state index contributed by atoms with van der Waals surface area (Å²) in [4.78, 5) is 2.42. The zero-order valence-corrected chi connectivity index (χ0v) is 31.4. The molecule has 0 amide bonds. The van der Waals surface area contributed by atoms with E-state index in [1.165, 1.54) is 84.5 Å². The van der Waals surface area contributed by atoms with E-state index >= 15 is 0 Å². The number of hydrogen-bond acceptors (Lipinski definition) is 3. The number of rotatable bonds is 6. The number of hydrogen-bond donors (Lipinski definition) is 0. The molecule has 0 fully saturated rings. The van der Waals surface area contributed by atoms with Crippen molar-refractivity contribution in [1.82, 2.24) is 0 Å². The van der Waals surface area contributed by atoms with Crippen LogP contribution >= 0.6 is 22.7 Å². The Labute approximate surface area is 327 Å². The van der Waals surface area contributed by atoms with Gasteiger partial charge in [-0.05, 0) is 99.3 Å². The molecule has 0 unspecified atom stereocenters. The lowest BCUT2D eigenvalue weighted by Gasteiger charge is -2.27. The van der Waals surface area contributed by atoms with Gasteiger partial charge in [0.05, 0.1) is 0 Å². The minimum Gasteiger partial charge on any atom is -0.310 e. The summed E-state index contributed by atoms with van der Waals surface area (Å²) < 4.78 is 5.25. The van der Waals surface area contributed by atoms with Crippen LogP contribution in [0.25, 0.3) is 84.5 Å². The number of anilines is 3. The lowest BCUT2D eigenvalue weighted by atomic mass is 9.92. The summed E-state index contributed by atoms with van der Waals surface area (Å²) in [6.45, 7) is 0. The maximum Gasteiger partial charge on any atom is 0.0468 e. The van der Waals surface area contributed by atoms with Gasteiger partial charge >= 0.3 is 0 Å². The van der Waals surface area contributed by atoms with Crippen LogP contribution in [0.1, 0.15) is 0 Å². The van der Waals surface area contributed by atoms with Gasteiger partial charge in [0.2, 0.25) is 0 Å². The molecule has 2 aromatic heterocycles. The van der Waals surface area contributed by atoms with Crippen LogP contribution in [0.2, 0.25) is 0 Å². The first-order valence-electron chi connectivity index (χ1n) is 18.7. The van der Waals surface area contributed by atoms with Gasteiger partial charge in [0.25, 0.3) is 0 Å². The van der Waals surface area contributed by atoms with E-state index in [1.54, 1.807) is 0 Å². The third-order valence-electron chi connectivity index (χ3n) is 10.9. The molecule has 0 aliphatic rings. The first kappa shape index (κ1) is 32.0. The van der Waals surface area contributed by atoms with Crippen molar-refractivity contribution >= 4 is 90.9 Å². The van der Waals surface area contributed by atoms with Crippen molar-refractivity contribution in [3.8, 4) is 33.4 Å². The molecule has 2 heterocycles. The smallest absolute Gasteiger partial charge is 0.0468 e. The molecule has 0 spiro atoms. The average molecular weight is 736 g/mol. The second kappa shape index (κ2) is 13.1. The van der Waals surface area contributed by atoms with Crippen molar-refractivity contribution in [3.63, 3.8) is 0 Å². The SMILES string of the molecule is c1ccc(-c2ccc(N(c3ccc(-c4cccc5c4sc4cc6ccccc6cc45)c(-c4ccccc4)c3)c3ccc4sc5ccccc5c4c3)cc2)cc1. The van der Waals surface area contributed by atoms with Crippen molar-refractivity contribution in [1.29, 1.82) is 0 Å². The highest BCUT2D eigenvalue weighted by Crippen LogP contribution is 2.47. The summed E-state index contributed by atoms with van der Waals surface area (Å²) in [7, 11) is 0. The van der Waals surface area contributed by atoms with Crippen molar-refractivity contribution < 1.29 is 0 Å². The zero-order chi connectivity index (χ0) is 36.3. The fourth-order valence-electron chi connectivity index (χ4n) is 8.19. The summed E-state index contributed by atoms with van der Waals surface area (Å²) in [6, 6.07) is 73.5. The van der Waals surface area contributed by atoms with Gasteiger partial charge in [-0.1, -0.05) is 140 Å². The van der Waals surface area contributed by atoms with Crippen LogP contribution in [0.3, 0.4) is 0 Å². The van der Waals surface area contributed by atoms with Crippen molar-refractivity contribution in [2.45, 2.75) is 0 Å². The van der Waals surface area contributed by atoms with E-state index in [-0.39, 0.29) is 0 Å². The molecule has 0 N–H and O–H groups in total. The Balaban J connectivity index is 1.12. The second-order valence-corrected chi connectivity index (χ2v) is 16.2. The largest absolute Gasteiger partial charge is 0.310 e. The number of fused-ring (bicyclic) bond motifs is 7. The molecule has 9 aromatic carbocycles. The van der Waals surface area contributed by atoms with E-state index < -0.39 is 0 Å². The molecule has 0 atom stereocenters. The maximum absolute atomic E-state index is 2.42. The van der Waals surface area contributed by atoms with Crippen LogP contribution in [0.4, 0.5) is 17.1 Å². The highest BCUT2D eigenvalue weighted by molar-refractivity contribution is 7.26. The van der Waals surface area contributed by atoms with Gasteiger partial charge in [-0.2, -0.15) is 0 Å². The Morgan fingerprint density at radius 2 is 0.891 bits per heavy atom. The second-order valence-electron chi connectivity index (χ2n) is 14.1. The van der Waals surface area contributed by atoms with Gasteiger partial charge in [0.1, 0.15) is 0 Å². The molecule has 3 heteroatoms. The van der Waals surface area contributed by atoms with Crippen LogP contribution < -0.4 is 4.90 Å². The van der Waals surface area contributed by atoms with Gasteiger partial charge < -0.3 is 4.90 Å². The average Bonchev–Trinajstić information content (AvgIpc) is 3.81. The molecule has 55 heavy (non-hydrogen) atoms. The molecule has 0 saturated heterocycles. The molecule has 0 radical (unpaired) electrons.